The lowest BCUT2D eigenvalue weighted by Crippen LogP contribution is -2.33. The first-order valence-electron chi connectivity index (χ1n) is 6.67. The fourth-order valence-electron chi connectivity index (χ4n) is 2.06. The molecule has 0 unspecified atom stereocenters. The largest absolute Gasteiger partial charge is 0.481 e. The number of benzene rings is 1. The molecule has 0 aliphatic heterocycles. The van der Waals surface area contributed by atoms with Crippen molar-refractivity contribution in [1.82, 2.24) is 5.32 Å². The van der Waals surface area contributed by atoms with Gasteiger partial charge in [-0.05, 0) is 35.9 Å². The third-order valence-electron chi connectivity index (χ3n) is 3.33. The molecule has 1 amide bonds. The number of rotatable bonds is 6. The van der Waals surface area contributed by atoms with Crippen LogP contribution in [0.1, 0.15) is 20.8 Å². The van der Waals surface area contributed by atoms with Crippen molar-refractivity contribution in [3.05, 3.63) is 57.8 Å². The van der Waals surface area contributed by atoms with Gasteiger partial charge in [-0.3, -0.25) is 9.59 Å². The highest BCUT2D eigenvalue weighted by molar-refractivity contribution is 7.12. The first kappa shape index (κ1) is 15.3. The summed E-state index contributed by atoms with van der Waals surface area (Å²) in [4.78, 5) is 23.8. The van der Waals surface area contributed by atoms with Gasteiger partial charge in [0.2, 0.25) is 0 Å². The molecule has 1 heterocycles. The average Bonchev–Trinajstić information content (AvgIpc) is 2.99. The van der Waals surface area contributed by atoms with Gasteiger partial charge in [-0.1, -0.05) is 30.3 Å². The van der Waals surface area contributed by atoms with E-state index in [0.717, 1.165) is 11.1 Å². The highest BCUT2D eigenvalue weighted by Gasteiger charge is 2.20. The van der Waals surface area contributed by atoms with Gasteiger partial charge < -0.3 is 10.4 Å². The SMILES string of the molecule is Cc1ccccc1C[C@@H](CNC(=O)c1cccs1)C(=O)O. The maximum Gasteiger partial charge on any atom is 0.308 e. The number of thiophene rings is 1. The summed E-state index contributed by atoms with van der Waals surface area (Å²) in [5.74, 6) is -1.75. The molecule has 110 valence electrons. The number of hydrogen-bond donors (Lipinski definition) is 2. The van der Waals surface area contributed by atoms with E-state index in [9.17, 15) is 14.7 Å². The van der Waals surface area contributed by atoms with Crippen LogP contribution in [0.2, 0.25) is 0 Å². The van der Waals surface area contributed by atoms with E-state index in [1.807, 2.05) is 36.6 Å². The molecule has 0 saturated heterocycles. The molecule has 2 aromatic rings. The van der Waals surface area contributed by atoms with E-state index in [1.54, 1.807) is 12.1 Å². The summed E-state index contributed by atoms with van der Waals surface area (Å²) in [7, 11) is 0. The molecule has 1 atom stereocenters. The molecule has 0 spiro atoms. The Morgan fingerprint density at radius 3 is 2.62 bits per heavy atom. The summed E-state index contributed by atoms with van der Waals surface area (Å²) in [6.45, 7) is 2.08. The molecular weight excluding hydrogens is 286 g/mol. The number of carbonyl (C=O) groups is 2. The van der Waals surface area contributed by atoms with Crippen molar-refractivity contribution < 1.29 is 14.7 Å². The molecule has 1 aromatic heterocycles. The molecule has 0 saturated carbocycles. The summed E-state index contributed by atoms with van der Waals surface area (Å²) in [5, 5.41) is 13.8. The van der Waals surface area contributed by atoms with E-state index in [-0.39, 0.29) is 12.5 Å². The van der Waals surface area contributed by atoms with Crippen LogP contribution in [0.4, 0.5) is 0 Å². The van der Waals surface area contributed by atoms with Crippen molar-refractivity contribution in [3.8, 4) is 0 Å². The topological polar surface area (TPSA) is 66.4 Å². The minimum atomic E-state index is -0.898. The van der Waals surface area contributed by atoms with E-state index < -0.39 is 11.9 Å². The molecule has 5 heteroatoms. The lowest BCUT2D eigenvalue weighted by atomic mass is 9.96. The molecule has 0 fully saturated rings. The van der Waals surface area contributed by atoms with Crippen molar-refractivity contribution in [1.29, 1.82) is 0 Å². The highest BCUT2D eigenvalue weighted by atomic mass is 32.1. The van der Waals surface area contributed by atoms with Gasteiger partial charge in [0.25, 0.3) is 5.91 Å². The molecule has 1 aromatic carbocycles. The predicted octanol–water partition coefficient (Wildman–Crippen LogP) is 2.73. The van der Waals surface area contributed by atoms with Crippen LogP contribution in [0.5, 0.6) is 0 Å². The van der Waals surface area contributed by atoms with Gasteiger partial charge in [0.1, 0.15) is 0 Å². The zero-order chi connectivity index (χ0) is 15.2. The van der Waals surface area contributed by atoms with Gasteiger partial charge in [-0.25, -0.2) is 0 Å². The maximum atomic E-state index is 11.9. The maximum absolute atomic E-state index is 11.9. The van der Waals surface area contributed by atoms with Gasteiger partial charge in [-0.2, -0.15) is 0 Å². The highest BCUT2D eigenvalue weighted by Crippen LogP contribution is 2.14. The first-order valence-corrected chi connectivity index (χ1v) is 7.55. The lowest BCUT2D eigenvalue weighted by Gasteiger charge is -2.14. The fourth-order valence-corrected chi connectivity index (χ4v) is 2.70. The van der Waals surface area contributed by atoms with Gasteiger partial charge in [0, 0.05) is 6.54 Å². The number of hydrogen-bond acceptors (Lipinski definition) is 3. The Kier molecular flexibility index (Phi) is 5.11. The Bertz CT molecular complexity index is 622. The number of carboxylic acid groups (broad SMARTS) is 1. The van der Waals surface area contributed by atoms with Crippen molar-refractivity contribution >= 4 is 23.2 Å². The van der Waals surface area contributed by atoms with E-state index in [2.05, 4.69) is 5.32 Å². The van der Waals surface area contributed by atoms with E-state index in [4.69, 9.17) is 0 Å². The van der Waals surface area contributed by atoms with Crippen LogP contribution in [-0.4, -0.2) is 23.5 Å². The van der Waals surface area contributed by atoms with Crippen LogP contribution in [0.3, 0.4) is 0 Å². The van der Waals surface area contributed by atoms with Gasteiger partial charge in [0.15, 0.2) is 0 Å². The zero-order valence-corrected chi connectivity index (χ0v) is 12.5. The van der Waals surface area contributed by atoms with E-state index in [1.165, 1.54) is 11.3 Å². The molecule has 21 heavy (non-hydrogen) atoms. The minimum absolute atomic E-state index is 0.125. The first-order chi connectivity index (χ1) is 10.1. The molecule has 2 rings (SSSR count). The van der Waals surface area contributed by atoms with Crippen molar-refractivity contribution in [2.45, 2.75) is 13.3 Å². The third-order valence-corrected chi connectivity index (χ3v) is 4.20. The predicted molar refractivity (Wildman–Crippen MR) is 82.7 cm³/mol. The Balaban J connectivity index is 1.98. The van der Waals surface area contributed by atoms with E-state index in [0.29, 0.717) is 11.3 Å². The monoisotopic (exact) mass is 303 g/mol. The van der Waals surface area contributed by atoms with Crippen LogP contribution < -0.4 is 5.32 Å². The number of aryl methyl sites for hydroxylation is 1. The Morgan fingerprint density at radius 2 is 2.00 bits per heavy atom. The van der Waals surface area contributed by atoms with Crippen LogP contribution in [0, 0.1) is 12.8 Å². The summed E-state index contributed by atoms with van der Waals surface area (Å²) < 4.78 is 0. The van der Waals surface area contributed by atoms with Crippen LogP contribution >= 0.6 is 11.3 Å². The van der Waals surface area contributed by atoms with Gasteiger partial charge in [0.05, 0.1) is 10.8 Å². The van der Waals surface area contributed by atoms with Crippen molar-refractivity contribution in [2.75, 3.05) is 6.54 Å². The fraction of sp³-hybridized carbons (Fsp3) is 0.250. The van der Waals surface area contributed by atoms with Crippen molar-refractivity contribution in [3.63, 3.8) is 0 Å². The average molecular weight is 303 g/mol. The normalized spacial score (nSPS) is 11.9. The molecule has 2 N–H and O–H groups in total. The smallest absolute Gasteiger partial charge is 0.308 e. The lowest BCUT2D eigenvalue weighted by molar-refractivity contribution is -0.141. The standard InChI is InChI=1S/C16H17NO3S/c1-11-5-2-3-6-12(11)9-13(16(19)20)10-17-15(18)14-7-4-8-21-14/h2-8,13H,9-10H2,1H3,(H,17,18)(H,19,20)/t13-/m0/s1. The van der Waals surface area contributed by atoms with Gasteiger partial charge in [-0.15, -0.1) is 11.3 Å². The number of carboxylic acids is 1. The second-order valence-electron chi connectivity index (χ2n) is 4.85. The summed E-state index contributed by atoms with van der Waals surface area (Å²) in [5.41, 5.74) is 2.06. The number of carbonyl (C=O) groups excluding carboxylic acids is 1. The molecule has 0 bridgehead atoms. The van der Waals surface area contributed by atoms with E-state index >= 15 is 0 Å². The van der Waals surface area contributed by atoms with Crippen LogP contribution in [-0.2, 0) is 11.2 Å². The molecule has 0 radical (unpaired) electrons. The molecular formula is C16H17NO3S. The van der Waals surface area contributed by atoms with Gasteiger partial charge >= 0.3 is 5.97 Å². The molecule has 0 aliphatic rings. The zero-order valence-electron chi connectivity index (χ0n) is 11.7. The summed E-state index contributed by atoms with van der Waals surface area (Å²) >= 11 is 1.34. The minimum Gasteiger partial charge on any atom is -0.481 e. The Hall–Kier alpha value is -2.14. The van der Waals surface area contributed by atoms with Crippen molar-refractivity contribution in [2.24, 2.45) is 5.92 Å². The second kappa shape index (κ2) is 7.04. The number of amides is 1. The second-order valence-corrected chi connectivity index (χ2v) is 5.80. The Labute approximate surface area is 127 Å². The number of nitrogens with one attached hydrogen (secondary N) is 1. The molecule has 4 nitrogen and oxygen atoms in total. The third kappa shape index (κ3) is 4.16. The summed E-state index contributed by atoms with van der Waals surface area (Å²) in [6.07, 6.45) is 0.409. The number of aliphatic carboxylic acids is 1. The quantitative estimate of drug-likeness (QED) is 0.862. The molecule has 0 aliphatic carbocycles. The Morgan fingerprint density at radius 1 is 1.24 bits per heavy atom. The van der Waals surface area contributed by atoms with Crippen LogP contribution in [0.15, 0.2) is 41.8 Å². The summed E-state index contributed by atoms with van der Waals surface area (Å²) in [6, 6.07) is 11.2. The van der Waals surface area contributed by atoms with Crippen LogP contribution in [0.25, 0.3) is 0 Å².